The van der Waals surface area contributed by atoms with Gasteiger partial charge in [-0.05, 0) is 30.7 Å². The molecule has 0 spiro atoms. The summed E-state index contributed by atoms with van der Waals surface area (Å²) in [6.45, 7) is 0. The Bertz CT molecular complexity index is 374. The van der Waals surface area contributed by atoms with Crippen LogP contribution in [0.1, 0.15) is 18.4 Å². The number of rotatable bonds is 3. The zero-order chi connectivity index (χ0) is 12.3. The lowest BCUT2D eigenvalue weighted by molar-refractivity contribution is -0.148. The second-order valence-electron chi connectivity index (χ2n) is 4.65. The first kappa shape index (κ1) is 12.1. The van der Waals surface area contributed by atoms with E-state index in [9.17, 15) is 9.90 Å². The van der Waals surface area contributed by atoms with E-state index in [1.807, 2.05) is 18.2 Å². The Hall–Kier alpha value is -1.35. The van der Waals surface area contributed by atoms with Crippen molar-refractivity contribution >= 4 is 5.97 Å². The van der Waals surface area contributed by atoms with Crippen molar-refractivity contribution in [2.45, 2.75) is 25.4 Å². The van der Waals surface area contributed by atoms with Gasteiger partial charge in [-0.3, -0.25) is 4.79 Å². The third kappa shape index (κ3) is 2.67. The number of benzene rings is 1. The van der Waals surface area contributed by atoms with E-state index in [4.69, 9.17) is 4.74 Å². The first-order valence-electron chi connectivity index (χ1n) is 6.02. The molecule has 0 bridgehead atoms. The molecule has 0 unspecified atom stereocenters. The summed E-state index contributed by atoms with van der Waals surface area (Å²) in [5.41, 5.74) is 1.21. The van der Waals surface area contributed by atoms with Crippen LogP contribution in [0.25, 0.3) is 0 Å². The third-order valence-electron chi connectivity index (χ3n) is 3.59. The number of aliphatic hydroxyl groups excluding tert-OH is 1. The van der Waals surface area contributed by atoms with Crippen molar-refractivity contribution in [3.63, 3.8) is 0 Å². The van der Waals surface area contributed by atoms with Crippen molar-refractivity contribution in [1.82, 2.24) is 0 Å². The van der Waals surface area contributed by atoms with E-state index in [2.05, 4.69) is 12.1 Å². The third-order valence-corrected chi connectivity index (χ3v) is 3.59. The zero-order valence-corrected chi connectivity index (χ0v) is 10.0. The minimum atomic E-state index is -0.567. The van der Waals surface area contributed by atoms with E-state index >= 15 is 0 Å². The van der Waals surface area contributed by atoms with Gasteiger partial charge >= 0.3 is 5.97 Å². The molecule has 1 aromatic rings. The molecule has 0 radical (unpaired) electrons. The van der Waals surface area contributed by atoms with Gasteiger partial charge in [0, 0.05) is 0 Å². The first-order chi connectivity index (χ1) is 8.22. The van der Waals surface area contributed by atoms with Gasteiger partial charge in [0.25, 0.3) is 0 Å². The van der Waals surface area contributed by atoms with Gasteiger partial charge in [-0.1, -0.05) is 30.3 Å². The lowest BCUT2D eigenvalue weighted by Crippen LogP contribution is -2.29. The molecule has 3 atom stereocenters. The van der Waals surface area contributed by atoms with E-state index in [1.165, 1.54) is 12.7 Å². The predicted octanol–water partition coefficient (Wildman–Crippen LogP) is 1.79. The molecule has 1 aliphatic rings. The van der Waals surface area contributed by atoms with Gasteiger partial charge in [0.1, 0.15) is 0 Å². The van der Waals surface area contributed by atoms with E-state index in [0.717, 1.165) is 19.3 Å². The Morgan fingerprint density at radius 3 is 2.71 bits per heavy atom. The monoisotopic (exact) mass is 234 g/mol. The summed E-state index contributed by atoms with van der Waals surface area (Å²) in [7, 11) is 1.37. The first-order valence-corrected chi connectivity index (χ1v) is 6.02. The number of ether oxygens (including phenoxy) is 1. The smallest absolute Gasteiger partial charge is 0.311 e. The Kier molecular flexibility index (Phi) is 3.79. The van der Waals surface area contributed by atoms with Crippen LogP contribution in [0.5, 0.6) is 0 Å². The van der Waals surface area contributed by atoms with Gasteiger partial charge in [-0.25, -0.2) is 0 Å². The summed E-state index contributed by atoms with van der Waals surface area (Å²) in [6, 6.07) is 10.1. The molecule has 17 heavy (non-hydrogen) atoms. The second-order valence-corrected chi connectivity index (χ2v) is 4.65. The number of hydrogen-bond acceptors (Lipinski definition) is 3. The number of esters is 1. The average molecular weight is 234 g/mol. The molecule has 1 fully saturated rings. The van der Waals surface area contributed by atoms with Crippen molar-refractivity contribution in [2.24, 2.45) is 11.8 Å². The lowest BCUT2D eigenvalue weighted by Gasteiger charge is -2.18. The van der Waals surface area contributed by atoms with Crippen LogP contribution in [0.3, 0.4) is 0 Å². The Labute approximate surface area is 101 Å². The molecule has 1 aliphatic carbocycles. The minimum Gasteiger partial charge on any atom is -0.469 e. The number of carbonyl (C=O) groups is 1. The average Bonchev–Trinajstić information content (AvgIpc) is 2.72. The summed E-state index contributed by atoms with van der Waals surface area (Å²) < 4.78 is 4.70. The van der Waals surface area contributed by atoms with Crippen LogP contribution in [-0.4, -0.2) is 24.3 Å². The number of hydrogen-bond donors (Lipinski definition) is 1. The van der Waals surface area contributed by atoms with Crippen LogP contribution >= 0.6 is 0 Å². The largest absolute Gasteiger partial charge is 0.469 e. The van der Waals surface area contributed by atoms with Crippen molar-refractivity contribution < 1.29 is 14.6 Å². The van der Waals surface area contributed by atoms with Gasteiger partial charge in [0.15, 0.2) is 0 Å². The quantitative estimate of drug-likeness (QED) is 0.811. The molecule has 0 amide bonds. The Morgan fingerprint density at radius 1 is 1.35 bits per heavy atom. The van der Waals surface area contributed by atoms with Crippen LogP contribution in [-0.2, 0) is 16.0 Å². The number of methoxy groups -OCH3 is 1. The molecule has 2 rings (SSSR count). The standard InChI is InChI=1S/C14H18O3/c1-17-14(16)12-8-7-11(13(12)15)9-10-5-3-2-4-6-10/h2-6,11-13,15H,7-9H2,1H3/t11-,12-,13-/m1/s1. The summed E-state index contributed by atoms with van der Waals surface area (Å²) in [5, 5.41) is 10.1. The van der Waals surface area contributed by atoms with Gasteiger partial charge in [0.05, 0.1) is 19.1 Å². The van der Waals surface area contributed by atoms with Crippen molar-refractivity contribution in [3.05, 3.63) is 35.9 Å². The van der Waals surface area contributed by atoms with Crippen LogP contribution in [0, 0.1) is 11.8 Å². The highest BCUT2D eigenvalue weighted by Gasteiger charge is 2.39. The van der Waals surface area contributed by atoms with Gasteiger partial charge < -0.3 is 9.84 Å². The van der Waals surface area contributed by atoms with Gasteiger partial charge in [-0.15, -0.1) is 0 Å². The fourth-order valence-corrected chi connectivity index (χ4v) is 2.61. The molecule has 0 saturated heterocycles. The van der Waals surface area contributed by atoms with Crippen molar-refractivity contribution in [1.29, 1.82) is 0 Å². The van der Waals surface area contributed by atoms with E-state index in [0.29, 0.717) is 0 Å². The van der Waals surface area contributed by atoms with Gasteiger partial charge in [-0.2, -0.15) is 0 Å². The molecule has 1 saturated carbocycles. The molecular formula is C14H18O3. The summed E-state index contributed by atoms with van der Waals surface area (Å²) in [4.78, 5) is 11.4. The molecule has 0 aromatic heterocycles. The number of carbonyl (C=O) groups excluding carboxylic acids is 1. The highest BCUT2D eigenvalue weighted by molar-refractivity contribution is 5.73. The minimum absolute atomic E-state index is 0.168. The topological polar surface area (TPSA) is 46.5 Å². The van der Waals surface area contributed by atoms with Gasteiger partial charge in [0.2, 0.25) is 0 Å². The normalized spacial score (nSPS) is 28.0. The van der Waals surface area contributed by atoms with E-state index in [-0.39, 0.29) is 17.8 Å². The highest BCUT2D eigenvalue weighted by Crippen LogP contribution is 2.34. The maximum Gasteiger partial charge on any atom is 0.311 e. The molecular weight excluding hydrogens is 216 g/mol. The predicted molar refractivity (Wildman–Crippen MR) is 64.4 cm³/mol. The number of aliphatic hydroxyl groups is 1. The molecule has 1 N–H and O–H groups in total. The molecule has 3 heteroatoms. The SMILES string of the molecule is COC(=O)[C@@H]1CC[C@H](Cc2ccccc2)[C@H]1O. The second kappa shape index (κ2) is 5.32. The summed E-state index contributed by atoms with van der Waals surface area (Å²) >= 11 is 0. The Balaban J connectivity index is 1.98. The molecule has 3 nitrogen and oxygen atoms in total. The summed E-state index contributed by atoms with van der Waals surface area (Å²) in [6.07, 6.45) is 1.87. The van der Waals surface area contributed by atoms with Crippen LogP contribution in [0.15, 0.2) is 30.3 Å². The zero-order valence-electron chi connectivity index (χ0n) is 10.0. The van der Waals surface area contributed by atoms with Crippen molar-refractivity contribution in [3.8, 4) is 0 Å². The molecule has 1 aromatic carbocycles. The molecule has 0 heterocycles. The van der Waals surface area contributed by atoms with Crippen LogP contribution in [0.4, 0.5) is 0 Å². The highest BCUT2D eigenvalue weighted by atomic mass is 16.5. The van der Waals surface area contributed by atoms with E-state index in [1.54, 1.807) is 0 Å². The maximum atomic E-state index is 11.4. The van der Waals surface area contributed by atoms with E-state index < -0.39 is 6.10 Å². The lowest BCUT2D eigenvalue weighted by atomic mass is 9.94. The summed E-state index contributed by atoms with van der Waals surface area (Å²) in [5.74, 6) is -0.455. The van der Waals surface area contributed by atoms with Crippen LogP contribution in [0.2, 0.25) is 0 Å². The fourth-order valence-electron chi connectivity index (χ4n) is 2.61. The maximum absolute atomic E-state index is 11.4. The van der Waals surface area contributed by atoms with Crippen LogP contribution < -0.4 is 0 Å². The van der Waals surface area contributed by atoms with Crippen molar-refractivity contribution in [2.75, 3.05) is 7.11 Å². The molecule has 0 aliphatic heterocycles. The molecule has 92 valence electrons. The fraction of sp³-hybridized carbons (Fsp3) is 0.500. The Morgan fingerprint density at radius 2 is 2.06 bits per heavy atom.